The maximum absolute atomic E-state index is 12.5. The molecule has 0 aliphatic heterocycles. The minimum atomic E-state index is -0.0219. The molecule has 1 aliphatic rings. The van der Waals surface area contributed by atoms with Gasteiger partial charge in [0.15, 0.2) is 5.65 Å². The maximum atomic E-state index is 12.5. The largest absolute Gasteiger partial charge is 0.349 e. The molecule has 4 rings (SSSR count). The van der Waals surface area contributed by atoms with Gasteiger partial charge in [-0.1, -0.05) is 32.8 Å². The number of pyridine rings is 1. The van der Waals surface area contributed by atoms with E-state index in [0.29, 0.717) is 29.0 Å². The number of fused-ring (bicyclic) bond motifs is 1. The Kier molecular flexibility index (Phi) is 5.19. The van der Waals surface area contributed by atoms with E-state index in [1.807, 2.05) is 36.4 Å². The normalized spacial score (nSPS) is 14.5. The van der Waals surface area contributed by atoms with E-state index in [2.05, 4.69) is 39.4 Å². The Balaban J connectivity index is 1.56. The first-order valence-electron chi connectivity index (χ1n) is 9.90. The number of aromatic nitrogens is 3. The summed E-state index contributed by atoms with van der Waals surface area (Å²) < 4.78 is 0. The lowest BCUT2D eigenvalue weighted by Gasteiger charge is -2.13. The Labute approximate surface area is 164 Å². The van der Waals surface area contributed by atoms with Crippen molar-refractivity contribution in [2.45, 2.75) is 51.5 Å². The molecule has 1 saturated carbocycles. The van der Waals surface area contributed by atoms with Gasteiger partial charge in [0, 0.05) is 23.0 Å². The van der Waals surface area contributed by atoms with Gasteiger partial charge in [0.25, 0.3) is 5.91 Å². The van der Waals surface area contributed by atoms with Gasteiger partial charge >= 0.3 is 0 Å². The molecule has 0 unspecified atom stereocenters. The van der Waals surface area contributed by atoms with Crippen molar-refractivity contribution < 1.29 is 4.79 Å². The monoisotopic (exact) mass is 375 g/mol. The highest BCUT2D eigenvalue weighted by atomic mass is 16.1. The van der Waals surface area contributed by atoms with E-state index in [4.69, 9.17) is 0 Å². The number of hydrogen-bond acceptors (Lipinski definition) is 5. The molecule has 144 valence electrons. The number of nitrogens with one attached hydrogen (secondary N) is 2. The summed E-state index contributed by atoms with van der Waals surface area (Å²) in [5.41, 5.74) is 3.13. The van der Waals surface area contributed by atoms with Crippen LogP contribution in [0.25, 0.3) is 11.0 Å². The SMILES string of the molecule is CC(C)c1ccc2c(Nc3cccc(C(=O)NC4CCCC4)c3)ncnc2n1. The Morgan fingerprint density at radius 1 is 1.11 bits per heavy atom. The number of nitrogens with zero attached hydrogens (tertiary/aromatic N) is 3. The molecule has 0 bridgehead atoms. The first-order valence-corrected chi connectivity index (χ1v) is 9.90. The minimum absolute atomic E-state index is 0.0219. The summed E-state index contributed by atoms with van der Waals surface area (Å²) in [6.45, 7) is 4.22. The summed E-state index contributed by atoms with van der Waals surface area (Å²) in [6.07, 6.45) is 6.04. The van der Waals surface area contributed by atoms with Gasteiger partial charge in [0.05, 0.1) is 5.39 Å². The van der Waals surface area contributed by atoms with Crippen LogP contribution >= 0.6 is 0 Å². The first kappa shape index (κ1) is 18.3. The van der Waals surface area contributed by atoms with Crippen LogP contribution in [0.2, 0.25) is 0 Å². The van der Waals surface area contributed by atoms with E-state index in [1.165, 1.54) is 19.2 Å². The lowest BCUT2D eigenvalue weighted by Crippen LogP contribution is -2.32. The van der Waals surface area contributed by atoms with Gasteiger partial charge in [0.1, 0.15) is 12.1 Å². The summed E-state index contributed by atoms with van der Waals surface area (Å²) in [4.78, 5) is 25.8. The van der Waals surface area contributed by atoms with Crippen LogP contribution in [0.1, 0.15) is 61.5 Å². The Morgan fingerprint density at radius 3 is 2.71 bits per heavy atom. The van der Waals surface area contributed by atoms with E-state index in [-0.39, 0.29) is 5.91 Å². The van der Waals surface area contributed by atoms with Crippen LogP contribution in [0.15, 0.2) is 42.7 Å². The molecular formula is C22H25N5O. The first-order chi connectivity index (χ1) is 13.6. The summed E-state index contributed by atoms with van der Waals surface area (Å²) in [6, 6.07) is 11.8. The number of hydrogen-bond donors (Lipinski definition) is 2. The zero-order chi connectivity index (χ0) is 19.5. The molecule has 1 fully saturated rings. The molecule has 2 heterocycles. The van der Waals surface area contributed by atoms with Crippen LogP contribution in [0.3, 0.4) is 0 Å². The molecule has 2 N–H and O–H groups in total. The van der Waals surface area contributed by atoms with E-state index >= 15 is 0 Å². The Bertz CT molecular complexity index is 995. The minimum Gasteiger partial charge on any atom is -0.349 e. The van der Waals surface area contributed by atoms with E-state index < -0.39 is 0 Å². The molecule has 0 spiro atoms. The second-order valence-electron chi connectivity index (χ2n) is 7.64. The molecule has 0 radical (unpaired) electrons. The van der Waals surface area contributed by atoms with E-state index in [1.54, 1.807) is 0 Å². The quantitative estimate of drug-likeness (QED) is 0.683. The van der Waals surface area contributed by atoms with Crippen molar-refractivity contribution in [2.24, 2.45) is 0 Å². The summed E-state index contributed by atoms with van der Waals surface area (Å²) >= 11 is 0. The van der Waals surface area contributed by atoms with Gasteiger partial charge in [-0.15, -0.1) is 0 Å². The fourth-order valence-electron chi connectivity index (χ4n) is 3.59. The van der Waals surface area contributed by atoms with Crippen LogP contribution < -0.4 is 10.6 Å². The molecule has 0 saturated heterocycles. The molecule has 6 nitrogen and oxygen atoms in total. The lowest BCUT2D eigenvalue weighted by molar-refractivity contribution is 0.0938. The molecule has 1 amide bonds. The predicted molar refractivity (Wildman–Crippen MR) is 111 cm³/mol. The van der Waals surface area contributed by atoms with Crippen molar-refractivity contribution in [3.63, 3.8) is 0 Å². The average Bonchev–Trinajstić information content (AvgIpc) is 3.21. The number of carbonyl (C=O) groups excluding carboxylic acids is 1. The fourth-order valence-corrected chi connectivity index (χ4v) is 3.59. The van der Waals surface area contributed by atoms with Crippen LogP contribution in [0.5, 0.6) is 0 Å². The van der Waals surface area contributed by atoms with Crippen molar-refractivity contribution in [2.75, 3.05) is 5.32 Å². The van der Waals surface area contributed by atoms with Crippen molar-refractivity contribution in [3.8, 4) is 0 Å². The maximum Gasteiger partial charge on any atom is 0.251 e. The summed E-state index contributed by atoms with van der Waals surface area (Å²) in [5, 5.41) is 7.30. The number of carbonyl (C=O) groups is 1. The molecule has 6 heteroatoms. The average molecular weight is 375 g/mol. The molecule has 2 aromatic heterocycles. The van der Waals surface area contributed by atoms with Crippen LogP contribution in [-0.4, -0.2) is 26.9 Å². The molecule has 0 atom stereocenters. The third-order valence-corrected chi connectivity index (χ3v) is 5.19. The van der Waals surface area contributed by atoms with Gasteiger partial charge in [0.2, 0.25) is 0 Å². The standard InChI is InChI=1S/C22H25N5O/c1-14(2)19-11-10-18-20(23-13-24-21(18)27-19)25-17-9-5-6-15(12-17)22(28)26-16-7-3-4-8-16/h5-6,9-14,16H,3-4,7-8H2,1-2H3,(H,26,28)(H,23,24,25,27). The summed E-state index contributed by atoms with van der Waals surface area (Å²) in [5.74, 6) is 0.998. The number of anilines is 2. The Morgan fingerprint density at radius 2 is 1.93 bits per heavy atom. The van der Waals surface area contributed by atoms with Crippen LogP contribution in [0, 0.1) is 0 Å². The van der Waals surface area contributed by atoms with E-state index in [9.17, 15) is 4.79 Å². The molecule has 1 aliphatic carbocycles. The van der Waals surface area contributed by atoms with Gasteiger partial charge in [-0.05, 0) is 49.1 Å². The van der Waals surface area contributed by atoms with E-state index in [0.717, 1.165) is 29.6 Å². The summed E-state index contributed by atoms with van der Waals surface area (Å²) in [7, 11) is 0. The van der Waals surface area contributed by atoms with Gasteiger partial charge in [-0.25, -0.2) is 15.0 Å². The molecular weight excluding hydrogens is 350 g/mol. The van der Waals surface area contributed by atoms with Crippen molar-refractivity contribution in [1.82, 2.24) is 20.3 Å². The topological polar surface area (TPSA) is 79.8 Å². The highest BCUT2D eigenvalue weighted by Crippen LogP contribution is 2.25. The van der Waals surface area contributed by atoms with Gasteiger partial charge < -0.3 is 10.6 Å². The Hall–Kier alpha value is -3.02. The highest BCUT2D eigenvalue weighted by molar-refractivity contribution is 5.96. The zero-order valence-corrected chi connectivity index (χ0v) is 16.3. The van der Waals surface area contributed by atoms with Gasteiger partial charge in [-0.3, -0.25) is 4.79 Å². The van der Waals surface area contributed by atoms with Gasteiger partial charge in [-0.2, -0.15) is 0 Å². The smallest absolute Gasteiger partial charge is 0.251 e. The number of rotatable bonds is 5. The van der Waals surface area contributed by atoms with Crippen molar-refractivity contribution in [3.05, 3.63) is 54.0 Å². The predicted octanol–water partition coefficient (Wildman–Crippen LogP) is 4.56. The molecule has 1 aromatic carbocycles. The second-order valence-corrected chi connectivity index (χ2v) is 7.64. The zero-order valence-electron chi connectivity index (χ0n) is 16.3. The fraction of sp³-hybridized carbons (Fsp3) is 0.364. The van der Waals surface area contributed by atoms with Crippen LogP contribution in [-0.2, 0) is 0 Å². The third kappa shape index (κ3) is 3.96. The molecule has 3 aromatic rings. The number of benzene rings is 1. The molecule has 28 heavy (non-hydrogen) atoms. The van der Waals surface area contributed by atoms with Crippen LogP contribution in [0.4, 0.5) is 11.5 Å². The van der Waals surface area contributed by atoms with Crippen molar-refractivity contribution >= 4 is 28.4 Å². The number of amides is 1. The highest BCUT2D eigenvalue weighted by Gasteiger charge is 2.18. The van der Waals surface area contributed by atoms with Crippen molar-refractivity contribution in [1.29, 1.82) is 0 Å². The second kappa shape index (κ2) is 7.92. The third-order valence-electron chi connectivity index (χ3n) is 5.19. The lowest BCUT2D eigenvalue weighted by atomic mass is 10.1.